The molecule has 0 spiro atoms. The first-order valence-electron chi connectivity index (χ1n) is 6.28. The Morgan fingerprint density at radius 3 is 2.71 bits per heavy atom. The van der Waals surface area contributed by atoms with E-state index in [1.165, 1.54) is 19.5 Å². The molecule has 1 atom stereocenters. The fraction of sp³-hybridized carbons (Fsp3) is 0.133. The van der Waals surface area contributed by atoms with Crippen LogP contribution in [0, 0.1) is 0 Å². The van der Waals surface area contributed by atoms with E-state index in [1.807, 2.05) is 6.07 Å². The standard InChI is InChI=1S/C15H12ClN3O2/c1-21-15-13(18-7-8-19-15)14(20)10-4-5-11(16)9-3-2-6-17-12(9)10/h2-8,14,20H,1H3. The summed E-state index contributed by atoms with van der Waals surface area (Å²) in [5, 5.41) is 12.0. The molecule has 1 unspecified atom stereocenters. The largest absolute Gasteiger partial charge is 0.480 e. The van der Waals surface area contributed by atoms with E-state index in [4.69, 9.17) is 16.3 Å². The summed E-state index contributed by atoms with van der Waals surface area (Å²) in [7, 11) is 1.48. The molecule has 21 heavy (non-hydrogen) atoms. The Labute approximate surface area is 126 Å². The quantitative estimate of drug-likeness (QED) is 0.805. The van der Waals surface area contributed by atoms with Crippen LogP contribution in [0.25, 0.3) is 10.9 Å². The number of ether oxygens (including phenoxy) is 1. The number of pyridine rings is 1. The van der Waals surface area contributed by atoms with Gasteiger partial charge < -0.3 is 9.84 Å². The summed E-state index contributed by atoms with van der Waals surface area (Å²) in [5.41, 5.74) is 1.58. The second-order valence-corrected chi connectivity index (χ2v) is 4.80. The first-order valence-corrected chi connectivity index (χ1v) is 6.66. The summed E-state index contributed by atoms with van der Waals surface area (Å²) in [4.78, 5) is 12.5. The van der Waals surface area contributed by atoms with Crippen molar-refractivity contribution in [2.24, 2.45) is 0 Å². The number of halogens is 1. The smallest absolute Gasteiger partial charge is 0.238 e. The highest BCUT2D eigenvalue weighted by atomic mass is 35.5. The van der Waals surface area contributed by atoms with Gasteiger partial charge in [0, 0.05) is 34.6 Å². The third-order valence-electron chi connectivity index (χ3n) is 3.19. The minimum Gasteiger partial charge on any atom is -0.480 e. The van der Waals surface area contributed by atoms with Crippen molar-refractivity contribution in [3.05, 3.63) is 59.1 Å². The van der Waals surface area contributed by atoms with Gasteiger partial charge in [0.2, 0.25) is 5.88 Å². The molecule has 1 aromatic carbocycles. The molecule has 0 saturated heterocycles. The van der Waals surface area contributed by atoms with Crippen LogP contribution in [0.5, 0.6) is 5.88 Å². The maximum Gasteiger partial charge on any atom is 0.238 e. The average molecular weight is 302 g/mol. The van der Waals surface area contributed by atoms with Gasteiger partial charge in [-0.1, -0.05) is 17.7 Å². The molecule has 5 nitrogen and oxygen atoms in total. The zero-order chi connectivity index (χ0) is 14.8. The first kappa shape index (κ1) is 13.7. The van der Waals surface area contributed by atoms with Gasteiger partial charge in [0.1, 0.15) is 11.8 Å². The molecular formula is C15H12ClN3O2. The predicted octanol–water partition coefficient (Wildman–Crippen LogP) is 2.77. The lowest BCUT2D eigenvalue weighted by Crippen LogP contribution is -2.07. The van der Waals surface area contributed by atoms with E-state index < -0.39 is 6.10 Å². The molecule has 0 aliphatic carbocycles. The highest BCUT2D eigenvalue weighted by Gasteiger charge is 2.21. The summed E-state index contributed by atoms with van der Waals surface area (Å²) in [5.74, 6) is 0.282. The number of hydrogen-bond acceptors (Lipinski definition) is 5. The lowest BCUT2D eigenvalue weighted by molar-refractivity contribution is 0.209. The number of benzene rings is 1. The number of fused-ring (bicyclic) bond motifs is 1. The summed E-state index contributed by atoms with van der Waals surface area (Å²) < 4.78 is 5.14. The number of aliphatic hydroxyl groups is 1. The van der Waals surface area contributed by atoms with Gasteiger partial charge in [-0.15, -0.1) is 0 Å². The molecule has 2 aromatic heterocycles. The van der Waals surface area contributed by atoms with Crippen molar-refractivity contribution >= 4 is 22.5 Å². The first-order chi connectivity index (χ1) is 10.2. The van der Waals surface area contributed by atoms with Gasteiger partial charge in [-0.25, -0.2) is 4.98 Å². The van der Waals surface area contributed by atoms with E-state index in [9.17, 15) is 5.11 Å². The fourth-order valence-corrected chi connectivity index (χ4v) is 2.42. The second kappa shape index (κ2) is 5.63. The van der Waals surface area contributed by atoms with Crippen molar-refractivity contribution in [3.8, 4) is 5.88 Å². The van der Waals surface area contributed by atoms with Crippen molar-refractivity contribution in [1.82, 2.24) is 15.0 Å². The van der Waals surface area contributed by atoms with Crippen LogP contribution in [0.15, 0.2) is 42.9 Å². The molecule has 0 saturated carbocycles. The van der Waals surface area contributed by atoms with Crippen molar-refractivity contribution in [3.63, 3.8) is 0 Å². The number of nitrogens with zero attached hydrogens (tertiary/aromatic N) is 3. The van der Waals surface area contributed by atoms with Crippen LogP contribution in [0.1, 0.15) is 17.4 Å². The van der Waals surface area contributed by atoms with Crippen molar-refractivity contribution in [2.75, 3.05) is 7.11 Å². The molecule has 0 bridgehead atoms. The molecule has 1 N–H and O–H groups in total. The molecule has 6 heteroatoms. The van der Waals surface area contributed by atoms with E-state index in [1.54, 1.807) is 24.4 Å². The third-order valence-corrected chi connectivity index (χ3v) is 3.52. The van der Waals surface area contributed by atoms with Gasteiger partial charge in [-0.05, 0) is 18.2 Å². The Balaban J connectivity index is 2.18. The average Bonchev–Trinajstić information content (AvgIpc) is 2.55. The van der Waals surface area contributed by atoms with Gasteiger partial charge in [0.25, 0.3) is 0 Å². The number of methoxy groups -OCH3 is 1. The zero-order valence-corrected chi connectivity index (χ0v) is 11.9. The van der Waals surface area contributed by atoms with Crippen LogP contribution in [-0.4, -0.2) is 27.2 Å². The molecule has 0 aliphatic heterocycles. The molecule has 0 aliphatic rings. The highest BCUT2D eigenvalue weighted by molar-refractivity contribution is 6.35. The van der Waals surface area contributed by atoms with E-state index in [0.717, 1.165) is 5.39 Å². The topological polar surface area (TPSA) is 68.1 Å². The van der Waals surface area contributed by atoms with Crippen LogP contribution < -0.4 is 4.74 Å². The Bertz CT molecular complexity index is 795. The molecule has 3 rings (SSSR count). The molecule has 2 heterocycles. The SMILES string of the molecule is COc1nccnc1C(O)c1ccc(Cl)c2cccnc12. The van der Waals surface area contributed by atoms with Crippen LogP contribution in [-0.2, 0) is 0 Å². The van der Waals surface area contributed by atoms with Crippen molar-refractivity contribution in [2.45, 2.75) is 6.10 Å². The van der Waals surface area contributed by atoms with Crippen LogP contribution in [0.4, 0.5) is 0 Å². The van der Waals surface area contributed by atoms with Crippen LogP contribution >= 0.6 is 11.6 Å². The van der Waals surface area contributed by atoms with E-state index >= 15 is 0 Å². The highest BCUT2D eigenvalue weighted by Crippen LogP contribution is 2.33. The lowest BCUT2D eigenvalue weighted by Gasteiger charge is -2.15. The van der Waals surface area contributed by atoms with Gasteiger partial charge in [-0.3, -0.25) is 9.97 Å². The van der Waals surface area contributed by atoms with Gasteiger partial charge in [0.15, 0.2) is 0 Å². The molecule has 3 aromatic rings. The minimum absolute atomic E-state index is 0.282. The van der Waals surface area contributed by atoms with Gasteiger partial charge in [-0.2, -0.15) is 0 Å². The van der Waals surface area contributed by atoms with E-state index in [-0.39, 0.29) is 5.88 Å². The number of aromatic nitrogens is 3. The van der Waals surface area contributed by atoms with E-state index in [0.29, 0.717) is 21.8 Å². The molecular weight excluding hydrogens is 290 g/mol. The van der Waals surface area contributed by atoms with Crippen molar-refractivity contribution in [1.29, 1.82) is 0 Å². The maximum absolute atomic E-state index is 10.6. The number of hydrogen-bond donors (Lipinski definition) is 1. The Morgan fingerprint density at radius 1 is 1.10 bits per heavy atom. The number of aliphatic hydroxyl groups excluding tert-OH is 1. The Kier molecular flexibility index (Phi) is 3.68. The molecule has 106 valence electrons. The minimum atomic E-state index is -0.997. The summed E-state index contributed by atoms with van der Waals surface area (Å²) >= 11 is 6.16. The van der Waals surface area contributed by atoms with E-state index in [2.05, 4.69) is 15.0 Å². The maximum atomic E-state index is 10.6. The Hall–Kier alpha value is -2.24. The van der Waals surface area contributed by atoms with Gasteiger partial charge >= 0.3 is 0 Å². The van der Waals surface area contributed by atoms with Crippen LogP contribution in [0.2, 0.25) is 5.02 Å². The zero-order valence-electron chi connectivity index (χ0n) is 11.2. The summed E-state index contributed by atoms with van der Waals surface area (Å²) in [6.07, 6.45) is 3.67. The summed E-state index contributed by atoms with van der Waals surface area (Å²) in [6.45, 7) is 0. The lowest BCUT2D eigenvalue weighted by atomic mass is 10.0. The monoisotopic (exact) mass is 301 g/mol. The van der Waals surface area contributed by atoms with Crippen molar-refractivity contribution < 1.29 is 9.84 Å². The fourth-order valence-electron chi connectivity index (χ4n) is 2.21. The normalized spacial score (nSPS) is 12.3. The second-order valence-electron chi connectivity index (χ2n) is 4.39. The van der Waals surface area contributed by atoms with Gasteiger partial charge in [0.05, 0.1) is 12.6 Å². The third kappa shape index (κ3) is 2.41. The predicted molar refractivity (Wildman–Crippen MR) is 79.4 cm³/mol. The number of rotatable bonds is 3. The molecule has 0 radical (unpaired) electrons. The summed E-state index contributed by atoms with van der Waals surface area (Å²) in [6, 6.07) is 7.12. The van der Waals surface area contributed by atoms with Crippen LogP contribution in [0.3, 0.4) is 0 Å². The molecule has 0 amide bonds. The Morgan fingerprint density at radius 2 is 1.90 bits per heavy atom. The molecule has 0 fully saturated rings.